The average molecular weight is 333 g/mol. The summed E-state index contributed by atoms with van der Waals surface area (Å²) in [5, 5.41) is 8.95. The van der Waals surface area contributed by atoms with Gasteiger partial charge in [0.15, 0.2) is 11.5 Å². The third-order valence-electron chi connectivity index (χ3n) is 3.91. The monoisotopic (exact) mass is 333 g/mol. The number of carbonyl (C=O) groups excluding carboxylic acids is 1. The molecule has 3 rings (SSSR count). The zero-order valence-electron chi connectivity index (χ0n) is 13.1. The maximum atomic E-state index is 12.4. The molecule has 1 atom stereocenters. The highest BCUT2D eigenvalue weighted by Crippen LogP contribution is 2.31. The van der Waals surface area contributed by atoms with Crippen LogP contribution < -0.4 is 9.47 Å². The predicted molar refractivity (Wildman–Crippen MR) is 85.0 cm³/mol. The first-order valence-electron chi connectivity index (χ1n) is 7.81. The van der Waals surface area contributed by atoms with Crippen LogP contribution in [-0.4, -0.2) is 60.9 Å². The van der Waals surface area contributed by atoms with E-state index >= 15 is 0 Å². The molecule has 7 heteroatoms. The molecular weight excluding hydrogens is 314 g/mol. The van der Waals surface area contributed by atoms with Gasteiger partial charge in [0.05, 0.1) is 25.7 Å². The van der Waals surface area contributed by atoms with Gasteiger partial charge in [0.2, 0.25) is 5.91 Å². The van der Waals surface area contributed by atoms with Gasteiger partial charge in [-0.1, -0.05) is 6.07 Å². The molecule has 1 N–H and O–H groups in total. The molecule has 128 valence electrons. The second-order valence-corrected chi connectivity index (χ2v) is 5.59. The molecule has 1 saturated heterocycles. The van der Waals surface area contributed by atoms with Crippen LogP contribution in [0, 0.1) is 0 Å². The number of carbonyl (C=O) groups is 2. The summed E-state index contributed by atoms with van der Waals surface area (Å²) in [6.07, 6.45) is 3.02. The van der Waals surface area contributed by atoms with Crippen LogP contribution in [0.2, 0.25) is 0 Å². The van der Waals surface area contributed by atoms with E-state index in [4.69, 9.17) is 19.3 Å². The summed E-state index contributed by atoms with van der Waals surface area (Å²) >= 11 is 0. The number of hydrogen-bond acceptors (Lipinski definition) is 5. The first-order chi connectivity index (χ1) is 11.6. The van der Waals surface area contributed by atoms with Gasteiger partial charge in [0.1, 0.15) is 13.2 Å². The van der Waals surface area contributed by atoms with E-state index in [9.17, 15) is 9.59 Å². The van der Waals surface area contributed by atoms with E-state index in [0.717, 1.165) is 5.56 Å². The van der Waals surface area contributed by atoms with Crippen LogP contribution in [-0.2, 0) is 14.3 Å². The highest BCUT2D eigenvalue weighted by molar-refractivity contribution is 5.92. The zero-order valence-corrected chi connectivity index (χ0v) is 13.1. The zero-order chi connectivity index (χ0) is 16.9. The van der Waals surface area contributed by atoms with E-state index in [-0.39, 0.29) is 18.9 Å². The molecule has 0 bridgehead atoms. The molecule has 1 fully saturated rings. The average Bonchev–Trinajstić information content (AvgIpc) is 2.59. The summed E-state index contributed by atoms with van der Waals surface area (Å²) in [6.45, 7) is 2.09. The Balaban J connectivity index is 1.68. The molecule has 1 aromatic rings. The Labute approximate surface area is 139 Å². The van der Waals surface area contributed by atoms with Crippen molar-refractivity contribution in [3.8, 4) is 11.5 Å². The van der Waals surface area contributed by atoms with Gasteiger partial charge in [0, 0.05) is 12.6 Å². The van der Waals surface area contributed by atoms with Crippen LogP contribution in [0.5, 0.6) is 11.5 Å². The number of carboxylic acid groups (broad SMARTS) is 1. The molecular formula is C17H19NO6. The molecule has 1 amide bonds. The lowest BCUT2D eigenvalue weighted by Crippen LogP contribution is -2.49. The topological polar surface area (TPSA) is 85.3 Å². The largest absolute Gasteiger partial charge is 0.486 e. The predicted octanol–water partition coefficient (Wildman–Crippen LogP) is 1.17. The Bertz CT molecular complexity index is 656. The molecule has 2 heterocycles. The minimum Gasteiger partial charge on any atom is -0.486 e. The number of ether oxygens (including phenoxy) is 3. The second-order valence-electron chi connectivity index (χ2n) is 5.59. The molecule has 0 radical (unpaired) electrons. The number of aliphatic carboxylic acids is 1. The molecule has 7 nitrogen and oxygen atoms in total. The van der Waals surface area contributed by atoms with Crippen LogP contribution >= 0.6 is 0 Å². The van der Waals surface area contributed by atoms with Crippen molar-refractivity contribution in [3.63, 3.8) is 0 Å². The van der Waals surface area contributed by atoms with Crippen LogP contribution in [0.25, 0.3) is 6.08 Å². The highest BCUT2D eigenvalue weighted by Gasteiger charge is 2.27. The fourth-order valence-corrected chi connectivity index (χ4v) is 2.74. The molecule has 0 aromatic heterocycles. The van der Waals surface area contributed by atoms with Crippen molar-refractivity contribution in [1.29, 1.82) is 0 Å². The summed E-state index contributed by atoms with van der Waals surface area (Å²) in [5.41, 5.74) is 0.815. The van der Waals surface area contributed by atoms with E-state index in [2.05, 4.69) is 0 Å². The number of nitrogens with zero attached hydrogens (tertiary/aromatic N) is 1. The lowest BCUT2D eigenvalue weighted by Gasteiger charge is -2.34. The SMILES string of the molecule is O=C(O)CC1COCCN1C(=O)/C=C/c1ccc2c(c1)OCCO2. The van der Waals surface area contributed by atoms with Crippen LogP contribution in [0.1, 0.15) is 12.0 Å². The summed E-state index contributed by atoms with van der Waals surface area (Å²) < 4.78 is 16.2. The first kappa shape index (κ1) is 16.3. The fraction of sp³-hybridized carbons (Fsp3) is 0.412. The lowest BCUT2D eigenvalue weighted by molar-refractivity contribution is -0.143. The minimum atomic E-state index is -0.945. The summed E-state index contributed by atoms with van der Waals surface area (Å²) in [5.74, 6) is 0.184. The van der Waals surface area contributed by atoms with Gasteiger partial charge in [-0.2, -0.15) is 0 Å². The van der Waals surface area contributed by atoms with Crippen molar-refractivity contribution in [3.05, 3.63) is 29.8 Å². The Kier molecular flexibility index (Phi) is 5.00. The maximum Gasteiger partial charge on any atom is 0.305 e. The van der Waals surface area contributed by atoms with Crippen LogP contribution in [0.4, 0.5) is 0 Å². The molecule has 1 unspecified atom stereocenters. The van der Waals surface area contributed by atoms with Crippen molar-refractivity contribution in [2.45, 2.75) is 12.5 Å². The molecule has 0 saturated carbocycles. The van der Waals surface area contributed by atoms with Gasteiger partial charge < -0.3 is 24.2 Å². The maximum absolute atomic E-state index is 12.4. The molecule has 2 aliphatic rings. The number of rotatable bonds is 4. The van der Waals surface area contributed by atoms with Crippen molar-refractivity contribution >= 4 is 18.0 Å². The third kappa shape index (κ3) is 3.86. The fourth-order valence-electron chi connectivity index (χ4n) is 2.74. The third-order valence-corrected chi connectivity index (χ3v) is 3.91. The Morgan fingerprint density at radius 3 is 2.79 bits per heavy atom. The van der Waals surface area contributed by atoms with Crippen molar-refractivity contribution < 1.29 is 28.9 Å². The van der Waals surface area contributed by atoms with Gasteiger partial charge in [-0.15, -0.1) is 0 Å². The van der Waals surface area contributed by atoms with Crippen LogP contribution in [0.3, 0.4) is 0 Å². The summed E-state index contributed by atoms with van der Waals surface area (Å²) in [6, 6.07) is 5.02. The van der Waals surface area contributed by atoms with E-state index in [1.165, 1.54) is 6.08 Å². The first-order valence-corrected chi connectivity index (χ1v) is 7.81. The molecule has 2 aliphatic heterocycles. The smallest absolute Gasteiger partial charge is 0.305 e. The van der Waals surface area contributed by atoms with Gasteiger partial charge in [-0.25, -0.2) is 0 Å². The van der Waals surface area contributed by atoms with Crippen molar-refractivity contribution in [2.75, 3.05) is 33.0 Å². The molecule has 24 heavy (non-hydrogen) atoms. The van der Waals surface area contributed by atoms with Gasteiger partial charge in [0.25, 0.3) is 0 Å². The number of fused-ring (bicyclic) bond motifs is 1. The van der Waals surface area contributed by atoms with E-state index in [0.29, 0.717) is 37.9 Å². The number of benzene rings is 1. The Hall–Kier alpha value is -2.54. The number of carboxylic acids is 1. The number of amides is 1. The van der Waals surface area contributed by atoms with Crippen LogP contribution in [0.15, 0.2) is 24.3 Å². The van der Waals surface area contributed by atoms with E-state index < -0.39 is 12.0 Å². The normalized spacial score (nSPS) is 20.2. The standard InChI is InChI=1S/C17H19NO6/c19-16(18-5-6-22-11-13(18)10-17(20)21)4-2-12-1-3-14-15(9-12)24-8-7-23-14/h1-4,9,13H,5-8,10-11H2,(H,20,21)/b4-2+. The Morgan fingerprint density at radius 2 is 2.00 bits per heavy atom. The summed E-state index contributed by atoms with van der Waals surface area (Å²) in [7, 11) is 0. The molecule has 0 spiro atoms. The lowest BCUT2D eigenvalue weighted by atomic mass is 10.1. The minimum absolute atomic E-state index is 0.121. The highest BCUT2D eigenvalue weighted by atomic mass is 16.6. The van der Waals surface area contributed by atoms with Gasteiger partial charge in [-0.3, -0.25) is 9.59 Å². The molecule has 1 aromatic carbocycles. The van der Waals surface area contributed by atoms with Crippen molar-refractivity contribution in [2.24, 2.45) is 0 Å². The van der Waals surface area contributed by atoms with Crippen molar-refractivity contribution in [1.82, 2.24) is 4.90 Å². The second kappa shape index (κ2) is 7.35. The van der Waals surface area contributed by atoms with E-state index in [1.54, 1.807) is 17.0 Å². The Morgan fingerprint density at radius 1 is 1.21 bits per heavy atom. The number of morpholine rings is 1. The summed E-state index contributed by atoms with van der Waals surface area (Å²) in [4.78, 5) is 24.8. The van der Waals surface area contributed by atoms with E-state index in [1.807, 2.05) is 12.1 Å². The number of hydrogen-bond donors (Lipinski definition) is 1. The van der Waals surface area contributed by atoms with Gasteiger partial charge >= 0.3 is 5.97 Å². The van der Waals surface area contributed by atoms with Gasteiger partial charge in [-0.05, 0) is 23.8 Å². The molecule has 0 aliphatic carbocycles. The quantitative estimate of drug-likeness (QED) is 0.833.